The summed E-state index contributed by atoms with van der Waals surface area (Å²) < 4.78 is 0. The van der Waals surface area contributed by atoms with Crippen molar-refractivity contribution in [3.8, 4) is 0 Å². The maximum Gasteiger partial charge on any atom is 0.339 e. The maximum atomic E-state index is 11.1. The van der Waals surface area contributed by atoms with Gasteiger partial charge < -0.3 is 10.0 Å². The summed E-state index contributed by atoms with van der Waals surface area (Å²) in [5, 5.41) is 9.13. The molecule has 0 saturated carbocycles. The Kier molecular flexibility index (Phi) is 4.11. The van der Waals surface area contributed by atoms with E-state index in [2.05, 4.69) is 40.8 Å². The quantitative estimate of drug-likeness (QED) is 0.857. The molecule has 0 radical (unpaired) electrons. The van der Waals surface area contributed by atoms with Crippen LogP contribution in [-0.4, -0.2) is 64.1 Å². The number of rotatable bonds is 4. The van der Waals surface area contributed by atoms with Crippen molar-refractivity contribution in [1.29, 1.82) is 0 Å². The third kappa shape index (κ3) is 3.08. The normalized spacial score (nSPS) is 24.0. The van der Waals surface area contributed by atoms with Gasteiger partial charge in [-0.05, 0) is 20.0 Å². The summed E-state index contributed by atoms with van der Waals surface area (Å²) in [6.07, 6.45) is 2.78. The summed E-state index contributed by atoms with van der Waals surface area (Å²) in [4.78, 5) is 23.5. The SMILES string of the molecule is CC1CN(Cc2ncncc2C(=O)O)CC1N(C)C. The fourth-order valence-electron chi connectivity index (χ4n) is 2.72. The first-order chi connectivity index (χ1) is 8.99. The van der Waals surface area contributed by atoms with Crippen molar-refractivity contribution in [2.24, 2.45) is 5.92 Å². The monoisotopic (exact) mass is 264 g/mol. The lowest BCUT2D eigenvalue weighted by Gasteiger charge is -2.22. The molecule has 0 aromatic carbocycles. The molecule has 19 heavy (non-hydrogen) atoms. The van der Waals surface area contributed by atoms with Crippen molar-refractivity contribution in [2.45, 2.75) is 19.5 Å². The molecule has 2 atom stereocenters. The van der Waals surface area contributed by atoms with Gasteiger partial charge in [-0.3, -0.25) is 4.90 Å². The van der Waals surface area contributed by atoms with Gasteiger partial charge in [-0.1, -0.05) is 6.92 Å². The van der Waals surface area contributed by atoms with E-state index in [0.29, 0.717) is 24.2 Å². The van der Waals surface area contributed by atoms with E-state index in [1.165, 1.54) is 12.5 Å². The van der Waals surface area contributed by atoms with Crippen LogP contribution in [0.5, 0.6) is 0 Å². The van der Waals surface area contributed by atoms with Crippen molar-refractivity contribution in [2.75, 3.05) is 27.2 Å². The van der Waals surface area contributed by atoms with E-state index in [-0.39, 0.29) is 5.56 Å². The lowest BCUT2D eigenvalue weighted by molar-refractivity contribution is 0.0693. The summed E-state index contributed by atoms with van der Waals surface area (Å²) in [6, 6.07) is 0.509. The molecule has 1 aliphatic heterocycles. The van der Waals surface area contributed by atoms with E-state index >= 15 is 0 Å². The third-order valence-electron chi connectivity index (χ3n) is 3.71. The molecule has 1 aliphatic rings. The molecule has 1 N–H and O–H groups in total. The minimum absolute atomic E-state index is 0.198. The number of likely N-dealkylation sites (tertiary alicyclic amines) is 1. The average Bonchev–Trinajstić information content (AvgIpc) is 2.71. The molecule has 0 aliphatic carbocycles. The van der Waals surface area contributed by atoms with Gasteiger partial charge in [0.1, 0.15) is 11.9 Å². The number of hydrogen-bond acceptors (Lipinski definition) is 5. The summed E-state index contributed by atoms with van der Waals surface area (Å²) in [6.45, 7) is 4.70. The standard InChI is InChI=1S/C13H20N4O2/c1-9-5-17(7-12(9)16(2)3)6-11-10(13(18)19)4-14-8-15-11/h4,8-9,12H,5-7H2,1-3H3,(H,18,19). The van der Waals surface area contributed by atoms with Crippen molar-refractivity contribution in [3.63, 3.8) is 0 Å². The molecule has 6 nitrogen and oxygen atoms in total. The van der Waals surface area contributed by atoms with Crippen molar-refractivity contribution in [1.82, 2.24) is 19.8 Å². The van der Waals surface area contributed by atoms with Crippen LogP contribution in [0.25, 0.3) is 0 Å². The van der Waals surface area contributed by atoms with Gasteiger partial charge in [0.2, 0.25) is 0 Å². The van der Waals surface area contributed by atoms with Gasteiger partial charge in [-0.15, -0.1) is 0 Å². The van der Waals surface area contributed by atoms with E-state index in [1.54, 1.807) is 0 Å². The second-order valence-electron chi connectivity index (χ2n) is 5.39. The number of carboxylic acids is 1. The first-order valence-corrected chi connectivity index (χ1v) is 6.40. The van der Waals surface area contributed by atoms with E-state index in [4.69, 9.17) is 5.11 Å². The van der Waals surface area contributed by atoms with Crippen LogP contribution in [0.15, 0.2) is 12.5 Å². The predicted molar refractivity (Wildman–Crippen MR) is 70.9 cm³/mol. The molecule has 2 unspecified atom stereocenters. The molecule has 0 spiro atoms. The number of carboxylic acid groups (broad SMARTS) is 1. The Morgan fingerprint density at radius 1 is 1.53 bits per heavy atom. The number of likely N-dealkylation sites (N-methyl/N-ethyl adjacent to an activating group) is 1. The van der Waals surface area contributed by atoms with Gasteiger partial charge in [0, 0.05) is 31.9 Å². The van der Waals surface area contributed by atoms with Crippen LogP contribution in [0.3, 0.4) is 0 Å². The number of nitrogens with zero attached hydrogens (tertiary/aromatic N) is 4. The molecule has 6 heteroatoms. The van der Waals surface area contributed by atoms with Crippen LogP contribution in [0.1, 0.15) is 23.0 Å². The Balaban J connectivity index is 2.09. The zero-order chi connectivity index (χ0) is 14.0. The Hall–Kier alpha value is -1.53. The summed E-state index contributed by atoms with van der Waals surface area (Å²) in [5.74, 6) is -0.392. The number of carbonyl (C=O) groups is 1. The predicted octanol–water partition coefficient (Wildman–Crippen LogP) is 0.557. The van der Waals surface area contributed by atoms with Crippen LogP contribution in [0.4, 0.5) is 0 Å². The van der Waals surface area contributed by atoms with E-state index in [1.807, 2.05) is 0 Å². The number of aromatic nitrogens is 2. The molecule has 1 aromatic heterocycles. The van der Waals surface area contributed by atoms with E-state index in [9.17, 15) is 4.79 Å². The minimum Gasteiger partial charge on any atom is -0.478 e. The van der Waals surface area contributed by atoms with Gasteiger partial charge in [0.25, 0.3) is 0 Å². The number of aromatic carboxylic acids is 1. The molecule has 104 valence electrons. The molecule has 1 fully saturated rings. The van der Waals surface area contributed by atoms with Crippen molar-refractivity contribution in [3.05, 3.63) is 23.8 Å². The van der Waals surface area contributed by atoms with Crippen molar-refractivity contribution < 1.29 is 9.90 Å². The Morgan fingerprint density at radius 3 is 2.84 bits per heavy atom. The summed E-state index contributed by atoms with van der Waals surface area (Å²) in [5.41, 5.74) is 0.789. The fraction of sp³-hybridized carbons (Fsp3) is 0.615. The molecular formula is C13H20N4O2. The smallest absolute Gasteiger partial charge is 0.339 e. The van der Waals surface area contributed by atoms with Crippen molar-refractivity contribution >= 4 is 5.97 Å². The molecule has 0 bridgehead atoms. The highest BCUT2D eigenvalue weighted by Crippen LogP contribution is 2.22. The molecular weight excluding hydrogens is 244 g/mol. The minimum atomic E-state index is -0.966. The van der Waals surface area contributed by atoms with Crippen LogP contribution >= 0.6 is 0 Å². The summed E-state index contributed by atoms with van der Waals surface area (Å²) in [7, 11) is 4.16. The largest absolute Gasteiger partial charge is 0.478 e. The lowest BCUT2D eigenvalue weighted by Crippen LogP contribution is -2.34. The molecule has 2 rings (SSSR count). The zero-order valence-electron chi connectivity index (χ0n) is 11.6. The first kappa shape index (κ1) is 13.9. The third-order valence-corrected chi connectivity index (χ3v) is 3.71. The highest BCUT2D eigenvalue weighted by molar-refractivity contribution is 5.88. The summed E-state index contributed by atoms with van der Waals surface area (Å²) >= 11 is 0. The molecule has 1 saturated heterocycles. The van der Waals surface area contributed by atoms with Gasteiger partial charge >= 0.3 is 5.97 Å². The topological polar surface area (TPSA) is 69.6 Å². The van der Waals surface area contributed by atoms with Gasteiger partial charge in [0.05, 0.1) is 5.69 Å². The van der Waals surface area contributed by atoms with Gasteiger partial charge in [-0.2, -0.15) is 0 Å². The highest BCUT2D eigenvalue weighted by Gasteiger charge is 2.31. The lowest BCUT2D eigenvalue weighted by atomic mass is 10.1. The fourth-order valence-corrected chi connectivity index (χ4v) is 2.72. The van der Waals surface area contributed by atoms with Crippen LogP contribution in [0.2, 0.25) is 0 Å². The second kappa shape index (κ2) is 5.63. The molecule has 2 heterocycles. The Bertz CT molecular complexity index is 464. The highest BCUT2D eigenvalue weighted by atomic mass is 16.4. The van der Waals surface area contributed by atoms with Crippen LogP contribution < -0.4 is 0 Å². The molecule has 0 amide bonds. The Morgan fingerprint density at radius 2 is 2.26 bits per heavy atom. The second-order valence-corrected chi connectivity index (χ2v) is 5.39. The first-order valence-electron chi connectivity index (χ1n) is 6.40. The van der Waals surface area contributed by atoms with E-state index < -0.39 is 5.97 Å². The number of hydrogen-bond donors (Lipinski definition) is 1. The average molecular weight is 264 g/mol. The zero-order valence-corrected chi connectivity index (χ0v) is 11.6. The van der Waals surface area contributed by atoms with Crippen LogP contribution in [-0.2, 0) is 6.54 Å². The van der Waals surface area contributed by atoms with Gasteiger partial charge in [-0.25, -0.2) is 14.8 Å². The molecule has 1 aromatic rings. The Labute approximate surface area is 113 Å². The van der Waals surface area contributed by atoms with E-state index in [0.717, 1.165) is 13.1 Å². The maximum absolute atomic E-state index is 11.1. The van der Waals surface area contributed by atoms with Crippen LogP contribution in [0, 0.1) is 5.92 Å². The van der Waals surface area contributed by atoms with Gasteiger partial charge in [0.15, 0.2) is 0 Å².